The summed E-state index contributed by atoms with van der Waals surface area (Å²) in [6.45, 7) is 4.37. The van der Waals surface area contributed by atoms with Crippen molar-refractivity contribution in [1.29, 1.82) is 0 Å². The highest BCUT2D eigenvalue weighted by Crippen LogP contribution is 2.61. The third-order valence-electron chi connectivity index (χ3n) is 10.5. The first kappa shape index (κ1) is 22.0. The molecular formula is C31H31ClN4O2. The highest BCUT2D eigenvalue weighted by Gasteiger charge is 2.61. The van der Waals surface area contributed by atoms with Crippen LogP contribution in [0.25, 0.3) is 33.5 Å². The number of carbonyl (C=O) groups is 1. The van der Waals surface area contributed by atoms with E-state index < -0.39 is 5.60 Å². The van der Waals surface area contributed by atoms with Gasteiger partial charge in [-0.2, -0.15) is 0 Å². The Hall–Kier alpha value is -2.83. The number of aromatic nitrogens is 3. The highest BCUT2D eigenvalue weighted by molar-refractivity contribution is 6.35. The van der Waals surface area contributed by atoms with E-state index in [0.29, 0.717) is 36.4 Å². The van der Waals surface area contributed by atoms with Gasteiger partial charge in [0.05, 0.1) is 32.9 Å². The van der Waals surface area contributed by atoms with Crippen LogP contribution in [0, 0.1) is 23.7 Å². The highest BCUT2D eigenvalue weighted by atomic mass is 35.5. The number of aliphatic hydroxyl groups is 1. The number of benzene rings is 2. The van der Waals surface area contributed by atoms with Crippen molar-refractivity contribution in [3.63, 3.8) is 0 Å². The molecule has 1 N–H and O–H groups in total. The predicted octanol–water partition coefficient (Wildman–Crippen LogP) is 5.81. The SMILES string of the molecule is CC1(O)CCn2c(-c3cc4cccc(Cl)c4n3CC3CC3)nc3cc(C(=O)N4CC5CC6CC4[C@H]65)cc1c32. The van der Waals surface area contributed by atoms with E-state index in [4.69, 9.17) is 16.6 Å². The molecule has 2 aliphatic heterocycles. The van der Waals surface area contributed by atoms with Gasteiger partial charge in [-0.3, -0.25) is 4.79 Å². The summed E-state index contributed by atoms with van der Waals surface area (Å²) >= 11 is 6.73. The van der Waals surface area contributed by atoms with Crippen LogP contribution in [-0.2, 0) is 18.7 Å². The molecule has 38 heavy (non-hydrogen) atoms. The lowest BCUT2D eigenvalue weighted by atomic mass is 9.53. The number of aryl methyl sites for hydroxylation is 1. The number of fused-ring (bicyclic) bond motifs is 1. The minimum atomic E-state index is -1.00. The Morgan fingerprint density at radius 2 is 2.03 bits per heavy atom. The molecule has 1 saturated heterocycles. The fourth-order valence-corrected chi connectivity index (χ4v) is 8.54. The normalized spacial score (nSPS) is 31.0. The Morgan fingerprint density at radius 3 is 2.82 bits per heavy atom. The summed E-state index contributed by atoms with van der Waals surface area (Å²) in [5.41, 5.74) is 4.36. The summed E-state index contributed by atoms with van der Waals surface area (Å²) in [6.07, 6.45) is 5.53. The van der Waals surface area contributed by atoms with Crippen LogP contribution in [0.2, 0.25) is 5.02 Å². The molecule has 0 bridgehead atoms. The van der Waals surface area contributed by atoms with Gasteiger partial charge in [0.1, 0.15) is 0 Å². The quantitative estimate of drug-likeness (QED) is 0.365. The molecule has 0 spiro atoms. The van der Waals surface area contributed by atoms with Gasteiger partial charge in [-0.25, -0.2) is 4.98 Å². The molecule has 4 fully saturated rings. The molecule has 1 amide bonds. The molecule has 3 saturated carbocycles. The molecule has 9 rings (SSSR count). The zero-order chi connectivity index (χ0) is 25.5. The first-order chi connectivity index (χ1) is 18.4. The Morgan fingerprint density at radius 1 is 1.16 bits per heavy atom. The molecule has 3 aliphatic carbocycles. The zero-order valence-corrected chi connectivity index (χ0v) is 22.3. The number of hydrogen-bond donors (Lipinski definition) is 1. The van der Waals surface area contributed by atoms with Crippen LogP contribution in [0.15, 0.2) is 36.4 Å². The van der Waals surface area contributed by atoms with E-state index in [1.54, 1.807) is 0 Å². The number of halogens is 1. The van der Waals surface area contributed by atoms with Gasteiger partial charge >= 0.3 is 0 Å². The first-order valence-electron chi connectivity index (χ1n) is 14.2. The Balaban J connectivity index is 1.22. The molecule has 7 heteroatoms. The minimum absolute atomic E-state index is 0.105. The van der Waals surface area contributed by atoms with Crippen molar-refractivity contribution >= 4 is 39.4 Å². The molecular weight excluding hydrogens is 496 g/mol. The van der Waals surface area contributed by atoms with Crippen LogP contribution in [-0.4, -0.2) is 42.6 Å². The van der Waals surface area contributed by atoms with E-state index in [1.165, 1.54) is 19.3 Å². The second-order valence-corrected chi connectivity index (χ2v) is 13.3. The number of likely N-dealkylation sites (tertiary alicyclic amines) is 1. The number of amides is 1. The lowest BCUT2D eigenvalue weighted by molar-refractivity contribution is -0.0204. The van der Waals surface area contributed by atoms with Crippen LogP contribution >= 0.6 is 11.6 Å². The van der Waals surface area contributed by atoms with Gasteiger partial charge in [-0.05, 0) is 87.0 Å². The van der Waals surface area contributed by atoms with Gasteiger partial charge in [-0.1, -0.05) is 23.7 Å². The fourth-order valence-electron chi connectivity index (χ4n) is 8.26. The van der Waals surface area contributed by atoms with Crippen LogP contribution in [0.3, 0.4) is 0 Å². The van der Waals surface area contributed by atoms with E-state index in [-0.39, 0.29) is 5.91 Å². The number of rotatable bonds is 4. The second-order valence-electron chi connectivity index (χ2n) is 12.9. The summed E-state index contributed by atoms with van der Waals surface area (Å²) < 4.78 is 4.61. The molecule has 6 nitrogen and oxygen atoms in total. The van der Waals surface area contributed by atoms with Gasteiger partial charge < -0.3 is 19.1 Å². The minimum Gasteiger partial charge on any atom is -0.385 e. The van der Waals surface area contributed by atoms with Crippen molar-refractivity contribution in [2.75, 3.05) is 6.54 Å². The zero-order valence-electron chi connectivity index (χ0n) is 21.5. The smallest absolute Gasteiger partial charge is 0.254 e. The van der Waals surface area contributed by atoms with Gasteiger partial charge in [-0.15, -0.1) is 0 Å². The molecule has 2 aromatic heterocycles. The average molecular weight is 527 g/mol. The summed E-state index contributed by atoms with van der Waals surface area (Å²) in [7, 11) is 0. The summed E-state index contributed by atoms with van der Waals surface area (Å²) in [5.74, 6) is 3.95. The summed E-state index contributed by atoms with van der Waals surface area (Å²) in [4.78, 5) is 21.1. The third kappa shape index (κ3) is 2.83. The second kappa shape index (κ2) is 7.22. The van der Waals surface area contributed by atoms with E-state index in [0.717, 1.165) is 75.4 Å². The summed E-state index contributed by atoms with van der Waals surface area (Å²) in [6, 6.07) is 12.6. The van der Waals surface area contributed by atoms with Gasteiger partial charge in [0.25, 0.3) is 5.91 Å². The first-order valence-corrected chi connectivity index (χ1v) is 14.6. The fraction of sp³-hybridized carbons (Fsp3) is 0.484. The molecule has 4 aromatic rings. The molecule has 0 radical (unpaired) electrons. The number of para-hydroxylation sites is 1. The summed E-state index contributed by atoms with van der Waals surface area (Å²) in [5, 5.41) is 13.4. The average Bonchev–Trinajstić information content (AvgIpc) is 3.51. The van der Waals surface area contributed by atoms with Crippen molar-refractivity contribution in [3.8, 4) is 11.5 Å². The Kier molecular flexibility index (Phi) is 4.19. The maximum atomic E-state index is 13.8. The molecule has 194 valence electrons. The predicted molar refractivity (Wildman–Crippen MR) is 147 cm³/mol. The molecule has 4 unspecified atom stereocenters. The lowest BCUT2D eigenvalue weighted by Crippen LogP contribution is -2.53. The Bertz CT molecular complexity index is 1700. The maximum Gasteiger partial charge on any atom is 0.254 e. The number of carbonyl (C=O) groups excluding carboxylic acids is 1. The van der Waals surface area contributed by atoms with Crippen molar-refractivity contribution in [3.05, 3.63) is 52.5 Å². The van der Waals surface area contributed by atoms with Gasteiger partial charge in [0.15, 0.2) is 5.82 Å². The van der Waals surface area contributed by atoms with E-state index in [9.17, 15) is 9.90 Å². The largest absolute Gasteiger partial charge is 0.385 e. The van der Waals surface area contributed by atoms with Crippen LogP contribution < -0.4 is 0 Å². The number of hydrogen-bond acceptors (Lipinski definition) is 3. The van der Waals surface area contributed by atoms with E-state index >= 15 is 0 Å². The number of imidazole rings is 1. The topological polar surface area (TPSA) is 63.3 Å². The van der Waals surface area contributed by atoms with Crippen LogP contribution in [0.1, 0.15) is 54.9 Å². The van der Waals surface area contributed by atoms with Crippen molar-refractivity contribution < 1.29 is 9.90 Å². The number of nitrogens with zero attached hydrogens (tertiary/aromatic N) is 4. The van der Waals surface area contributed by atoms with Crippen LogP contribution in [0.5, 0.6) is 0 Å². The van der Waals surface area contributed by atoms with Gasteiger partial charge in [0.2, 0.25) is 0 Å². The van der Waals surface area contributed by atoms with E-state index in [2.05, 4.69) is 26.2 Å². The third-order valence-corrected chi connectivity index (χ3v) is 10.8. The standard InChI is InChI=1S/C31H31ClN4O2/c1-31(38)7-8-34-28-21(31)10-19(30(37)36-15-20-9-18-13-24(36)26(18)20)11-23(28)33-29(34)25-12-17-3-2-4-22(32)27(17)35(25)14-16-5-6-16/h2-4,10-12,16,18,20,24,26,38H,5-9,13-15H2,1H3/t18?,20?,24?,26-,31?/m1/s1. The van der Waals surface area contributed by atoms with Crippen molar-refractivity contribution in [1.82, 2.24) is 19.0 Å². The van der Waals surface area contributed by atoms with Crippen LogP contribution in [0.4, 0.5) is 0 Å². The molecule has 5 atom stereocenters. The molecule has 2 aromatic carbocycles. The van der Waals surface area contributed by atoms with Crippen molar-refractivity contribution in [2.45, 2.75) is 63.8 Å². The monoisotopic (exact) mass is 526 g/mol. The molecule has 4 heterocycles. The molecule has 5 aliphatic rings. The Labute approximate surface area is 226 Å². The van der Waals surface area contributed by atoms with E-state index in [1.807, 2.05) is 31.2 Å². The lowest BCUT2D eigenvalue weighted by Gasteiger charge is -2.52. The maximum absolute atomic E-state index is 13.8. The van der Waals surface area contributed by atoms with Crippen molar-refractivity contribution in [2.24, 2.45) is 23.7 Å². The van der Waals surface area contributed by atoms with Gasteiger partial charge in [0, 0.05) is 42.2 Å².